The molecular formula is C14H16N6O3. The zero-order valence-electron chi connectivity index (χ0n) is 12.2. The molecule has 2 atom stereocenters. The molecule has 1 fully saturated rings. The van der Waals surface area contributed by atoms with Crippen molar-refractivity contribution < 1.29 is 14.7 Å². The number of tetrazole rings is 1. The Morgan fingerprint density at radius 3 is 2.74 bits per heavy atom. The third kappa shape index (κ3) is 3.12. The summed E-state index contributed by atoms with van der Waals surface area (Å²) in [5.74, 6) is -0.00605. The first-order valence-electron chi connectivity index (χ1n) is 7.23. The maximum absolute atomic E-state index is 12.3. The van der Waals surface area contributed by atoms with E-state index < -0.39 is 12.1 Å². The number of rotatable bonds is 4. The van der Waals surface area contributed by atoms with Gasteiger partial charge in [0, 0.05) is 0 Å². The summed E-state index contributed by atoms with van der Waals surface area (Å²) in [5, 5.41) is 25.3. The zero-order chi connectivity index (χ0) is 16.2. The normalized spacial score (nSPS) is 20.4. The molecule has 3 N–H and O–H groups in total. The molecule has 0 aliphatic carbocycles. The van der Waals surface area contributed by atoms with Gasteiger partial charge in [0.25, 0.3) is 0 Å². The third-order valence-electron chi connectivity index (χ3n) is 3.90. The highest BCUT2D eigenvalue weighted by Crippen LogP contribution is 2.36. The summed E-state index contributed by atoms with van der Waals surface area (Å²) in [6.07, 6.45) is -0.0170. The average Bonchev–Trinajstić information content (AvgIpc) is 3.22. The Labute approximate surface area is 131 Å². The lowest BCUT2D eigenvalue weighted by atomic mass is 10.1. The molecule has 1 aromatic heterocycles. The molecule has 1 saturated heterocycles. The summed E-state index contributed by atoms with van der Waals surface area (Å²) < 4.78 is 0. The number of aromatic amines is 1. The Morgan fingerprint density at radius 2 is 2.09 bits per heavy atom. The number of benzene rings is 1. The van der Waals surface area contributed by atoms with Crippen LogP contribution in [0.2, 0.25) is 0 Å². The zero-order valence-corrected chi connectivity index (χ0v) is 12.2. The predicted octanol–water partition coefficient (Wildman–Crippen LogP) is 0.700. The molecule has 120 valence electrons. The van der Waals surface area contributed by atoms with Crippen LogP contribution in [0.1, 0.15) is 30.3 Å². The van der Waals surface area contributed by atoms with Gasteiger partial charge in [0.15, 0.2) is 5.82 Å². The molecule has 2 aromatic rings. The molecule has 1 aliphatic heterocycles. The number of carbonyl (C=O) groups excluding carboxylic acids is 1. The van der Waals surface area contributed by atoms with Crippen molar-refractivity contribution in [2.45, 2.75) is 31.5 Å². The fourth-order valence-corrected chi connectivity index (χ4v) is 2.88. The Hall–Kier alpha value is -2.97. The number of carbonyl (C=O) groups is 2. The molecule has 2 amide bonds. The summed E-state index contributed by atoms with van der Waals surface area (Å²) >= 11 is 0. The van der Waals surface area contributed by atoms with E-state index in [1.165, 1.54) is 4.90 Å². The average molecular weight is 316 g/mol. The van der Waals surface area contributed by atoms with E-state index in [2.05, 4.69) is 25.9 Å². The van der Waals surface area contributed by atoms with E-state index in [0.717, 1.165) is 5.56 Å². The van der Waals surface area contributed by atoms with Crippen LogP contribution in [0.25, 0.3) is 0 Å². The van der Waals surface area contributed by atoms with Crippen molar-refractivity contribution >= 4 is 12.0 Å². The third-order valence-corrected chi connectivity index (χ3v) is 3.90. The molecule has 9 heteroatoms. The lowest BCUT2D eigenvalue weighted by molar-refractivity contribution is -0.125. The second-order valence-corrected chi connectivity index (χ2v) is 5.26. The number of aromatic nitrogens is 4. The lowest BCUT2D eigenvalue weighted by Crippen LogP contribution is -2.46. The first-order chi connectivity index (χ1) is 11.2. The highest BCUT2D eigenvalue weighted by Gasteiger charge is 2.41. The highest BCUT2D eigenvalue weighted by molar-refractivity contribution is 5.86. The molecule has 1 aromatic carbocycles. The Morgan fingerprint density at radius 1 is 1.30 bits per heavy atom. The summed E-state index contributed by atoms with van der Waals surface area (Å²) in [7, 11) is 0. The number of carboxylic acid groups (broad SMARTS) is 1. The fourth-order valence-electron chi connectivity index (χ4n) is 2.88. The minimum Gasteiger partial charge on any atom is -0.465 e. The van der Waals surface area contributed by atoms with Crippen molar-refractivity contribution in [1.82, 2.24) is 30.8 Å². The van der Waals surface area contributed by atoms with Crippen molar-refractivity contribution in [2.24, 2.45) is 0 Å². The van der Waals surface area contributed by atoms with Crippen LogP contribution in [0.5, 0.6) is 0 Å². The van der Waals surface area contributed by atoms with Gasteiger partial charge in [0.2, 0.25) is 5.91 Å². The number of nitrogens with one attached hydrogen (secondary N) is 2. The quantitative estimate of drug-likeness (QED) is 0.762. The van der Waals surface area contributed by atoms with Gasteiger partial charge in [0.05, 0.1) is 12.6 Å². The Bertz CT molecular complexity index is 675. The van der Waals surface area contributed by atoms with Crippen molar-refractivity contribution in [3.05, 3.63) is 41.7 Å². The van der Waals surface area contributed by atoms with E-state index in [-0.39, 0.29) is 18.5 Å². The molecule has 3 rings (SSSR count). The molecule has 1 aliphatic rings. The standard InChI is InChI=1S/C14H16N6O3/c21-13(15-8-12-16-18-19-17-12)11-7-6-10(20(11)14(22)23)9-4-2-1-3-5-9/h1-5,10-11H,6-8H2,(H,15,21)(H,22,23)(H,16,17,18,19). The number of hydrogen-bond acceptors (Lipinski definition) is 5. The van der Waals surface area contributed by atoms with Gasteiger partial charge < -0.3 is 10.4 Å². The van der Waals surface area contributed by atoms with Crippen LogP contribution in [0, 0.1) is 0 Å². The van der Waals surface area contributed by atoms with Crippen LogP contribution in [-0.4, -0.2) is 48.7 Å². The minimum absolute atomic E-state index is 0.106. The summed E-state index contributed by atoms with van der Waals surface area (Å²) in [4.78, 5) is 25.2. The van der Waals surface area contributed by atoms with Crippen LogP contribution in [-0.2, 0) is 11.3 Å². The maximum Gasteiger partial charge on any atom is 0.408 e. The first-order valence-corrected chi connectivity index (χ1v) is 7.23. The molecule has 0 bridgehead atoms. The van der Waals surface area contributed by atoms with E-state index in [4.69, 9.17) is 0 Å². The number of H-pyrrole nitrogens is 1. The molecule has 0 saturated carbocycles. The summed E-state index contributed by atoms with van der Waals surface area (Å²) in [6, 6.07) is 8.32. The minimum atomic E-state index is -1.10. The van der Waals surface area contributed by atoms with E-state index >= 15 is 0 Å². The van der Waals surface area contributed by atoms with Gasteiger partial charge in [-0.3, -0.25) is 9.69 Å². The summed E-state index contributed by atoms with van der Waals surface area (Å²) in [6.45, 7) is 0.106. The smallest absolute Gasteiger partial charge is 0.408 e. The molecular weight excluding hydrogens is 300 g/mol. The number of likely N-dealkylation sites (tertiary alicyclic amines) is 1. The number of nitrogens with zero attached hydrogens (tertiary/aromatic N) is 4. The van der Waals surface area contributed by atoms with Crippen LogP contribution < -0.4 is 5.32 Å². The Balaban J connectivity index is 1.71. The van der Waals surface area contributed by atoms with Gasteiger partial charge >= 0.3 is 6.09 Å². The van der Waals surface area contributed by atoms with Gasteiger partial charge in [-0.05, 0) is 18.4 Å². The van der Waals surface area contributed by atoms with Crippen LogP contribution in [0.15, 0.2) is 30.3 Å². The highest BCUT2D eigenvalue weighted by atomic mass is 16.4. The van der Waals surface area contributed by atoms with Gasteiger partial charge in [-0.25, -0.2) is 4.79 Å². The SMILES string of the molecule is O=C(NCc1nn[nH]n1)C1CCC(c2ccccc2)N1C(=O)O. The van der Waals surface area contributed by atoms with Crippen molar-refractivity contribution in [3.8, 4) is 0 Å². The molecule has 23 heavy (non-hydrogen) atoms. The summed E-state index contributed by atoms with van der Waals surface area (Å²) in [5.41, 5.74) is 0.892. The second-order valence-electron chi connectivity index (χ2n) is 5.26. The van der Waals surface area contributed by atoms with E-state index in [1.54, 1.807) is 0 Å². The van der Waals surface area contributed by atoms with Crippen molar-refractivity contribution in [3.63, 3.8) is 0 Å². The van der Waals surface area contributed by atoms with E-state index in [0.29, 0.717) is 18.7 Å². The van der Waals surface area contributed by atoms with E-state index in [9.17, 15) is 14.7 Å². The fraction of sp³-hybridized carbons (Fsp3) is 0.357. The van der Waals surface area contributed by atoms with Gasteiger partial charge in [-0.15, -0.1) is 10.2 Å². The predicted molar refractivity (Wildman–Crippen MR) is 78.1 cm³/mol. The second kappa shape index (κ2) is 6.42. The van der Waals surface area contributed by atoms with E-state index in [1.807, 2.05) is 30.3 Å². The maximum atomic E-state index is 12.3. The van der Waals surface area contributed by atoms with Crippen LogP contribution in [0.4, 0.5) is 4.79 Å². The first kappa shape index (κ1) is 14.9. The van der Waals surface area contributed by atoms with Crippen molar-refractivity contribution in [2.75, 3.05) is 0 Å². The Kier molecular flexibility index (Phi) is 4.18. The monoisotopic (exact) mass is 316 g/mol. The number of amides is 2. The van der Waals surface area contributed by atoms with Crippen LogP contribution >= 0.6 is 0 Å². The molecule has 2 heterocycles. The van der Waals surface area contributed by atoms with Gasteiger partial charge in [0.1, 0.15) is 6.04 Å². The molecule has 0 radical (unpaired) electrons. The lowest BCUT2D eigenvalue weighted by Gasteiger charge is -2.27. The van der Waals surface area contributed by atoms with Crippen molar-refractivity contribution in [1.29, 1.82) is 0 Å². The van der Waals surface area contributed by atoms with Gasteiger partial charge in [-0.1, -0.05) is 35.5 Å². The van der Waals surface area contributed by atoms with Gasteiger partial charge in [-0.2, -0.15) is 5.21 Å². The molecule has 0 spiro atoms. The largest absolute Gasteiger partial charge is 0.465 e. The number of hydrogen-bond donors (Lipinski definition) is 3. The molecule has 2 unspecified atom stereocenters. The molecule has 9 nitrogen and oxygen atoms in total. The van der Waals surface area contributed by atoms with Crippen LogP contribution in [0.3, 0.4) is 0 Å². The topological polar surface area (TPSA) is 124 Å².